The summed E-state index contributed by atoms with van der Waals surface area (Å²) in [5.74, 6) is 2.38. The Balaban J connectivity index is 2.24. The minimum absolute atomic E-state index is 0.0472. The van der Waals surface area contributed by atoms with Crippen molar-refractivity contribution in [3.63, 3.8) is 0 Å². The van der Waals surface area contributed by atoms with Gasteiger partial charge in [-0.25, -0.2) is 0 Å². The van der Waals surface area contributed by atoms with Gasteiger partial charge in [0.2, 0.25) is 5.91 Å². The van der Waals surface area contributed by atoms with E-state index in [4.69, 9.17) is 5.11 Å². The van der Waals surface area contributed by atoms with Gasteiger partial charge in [0.05, 0.1) is 6.54 Å². The van der Waals surface area contributed by atoms with Crippen LogP contribution >= 0.6 is 11.8 Å². The Kier molecular flexibility index (Phi) is 5.76. The van der Waals surface area contributed by atoms with Crippen molar-refractivity contribution in [1.29, 1.82) is 0 Å². The monoisotopic (exact) mass is 260 g/mol. The Morgan fingerprint density at radius 3 is 2.82 bits per heavy atom. The molecular weight excluding hydrogens is 236 g/mol. The van der Waals surface area contributed by atoms with Crippen molar-refractivity contribution in [1.82, 2.24) is 10.2 Å². The van der Waals surface area contributed by atoms with Crippen LogP contribution in [0.15, 0.2) is 0 Å². The van der Waals surface area contributed by atoms with Crippen LogP contribution in [0.4, 0.5) is 0 Å². The molecule has 0 saturated carbocycles. The standard InChI is InChI=1S/C12H24N2O2S/c1-12(2,9-15)8-13-11(16)6-14(3)10-4-5-17-7-10/h10,15H,4-9H2,1-3H3,(H,13,16). The minimum Gasteiger partial charge on any atom is -0.396 e. The molecule has 0 spiro atoms. The molecule has 0 aromatic heterocycles. The molecule has 5 heteroatoms. The van der Waals surface area contributed by atoms with Crippen LogP contribution in [0.1, 0.15) is 20.3 Å². The van der Waals surface area contributed by atoms with Crippen molar-refractivity contribution in [2.24, 2.45) is 5.41 Å². The maximum absolute atomic E-state index is 11.7. The summed E-state index contributed by atoms with van der Waals surface area (Å²) in [5, 5.41) is 12.0. The lowest BCUT2D eigenvalue weighted by Crippen LogP contribution is -2.43. The van der Waals surface area contributed by atoms with Gasteiger partial charge in [-0.05, 0) is 19.2 Å². The molecule has 1 fully saturated rings. The highest BCUT2D eigenvalue weighted by Crippen LogP contribution is 2.21. The molecule has 1 amide bonds. The quantitative estimate of drug-likeness (QED) is 0.733. The van der Waals surface area contributed by atoms with Crippen LogP contribution in [0.25, 0.3) is 0 Å². The SMILES string of the molecule is CN(CC(=O)NCC(C)(C)CO)C1CCSC1. The van der Waals surface area contributed by atoms with Crippen LogP contribution in [0.2, 0.25) is 0 Å². The lowest BCUT2D eigenvalue weighted by molar-refractivity contribution is -0.122. The van der Waals surface area contributed by atoms with Crippen molar-refractivity contribution >= 4 is 17.7 Å². The van der Waals surface area contributed by atoms with E-state index in [-0.39, 0.29) is 17.9 Å². The molecule has 1 saturated heterocycles. The number of carbonyl (C=O) groups excluding carboxylic acids is 1. The molecule has 0 radical (unpaired) electrons. The van der Waals surface area contributed by atoms with Crippen molar-refractivity contribution in [2.45, 2.75) is 26.3 Å². The number of thioether (sulfide) groups is 1. The summed E-state index contributed by atoms with van der Waals surface area (Å²) >= 11 is 1.95. The summed E-state index contributed by atoms with van der Waals surface area (Å²) in [7, 11) is 2.01. The Hall–Kier alpha value is -0.260. The second-order valence-corrected chi connectivity index (χ2v) is 6.68. The molecule has 1 rings (SSSR count). The summed E-state index contributed by atoms with van der Waals surface area (Å²) in [5.41, 5.74) is -0.239. The maximum atomic E-state index is 11.7. The first-order chi connectivity index (χ1) is 7.94. The second-order valence-electron chi connectivity index (χ2n) is 5.53. The molecule has 1 aliphatic rings. The lowest BCUT2D eigenvalue weighted by atomic mass is 9.95. The smallest absolute Gasteiger partial charge is 0.234 e. The molecule has 1 unspecified atom stereocenters. The molecule has 0 aromatic rings. The number of rotatable bonds is 6. The lowest BCUT2D eigenvalue weighted by Gasteiger charge is -2.25. The fourth-order valence-corrected chi connectivity index (χ4v) is 2.97. The van der Waals surface area contributed by atoms with Crippen LogP contribution in [0.5, 0.6) is 0 Å². The van der Waals surface area contributed by atoms with Gasteiger partial charge in [0.15, 0.2) is 0 Å². The van der Waals surface area contributed by atoms with E-state index in [9.17, 15) is 4.79 Å². The highest BCUT2D eigenvalue weighted by Gasteiger charge is 2.22. The van der Waals surface area contributed by atoms with Gasteiger partial charge in [0, 0.05) is 30.4 Å². The molecule has 1 heterocycles. The number of hydrogen-bond donors (Lipinski definition) is 2. The number of hydrogen-bond acceptors (Lipinski definition) is 4. The van der Waals surface area contributed by atoms with Crippen LogP contribution in [-0.2, 0) is 4.79 Å². The fourth-order valence-electron chi connectivity index (χ4n) is 1.67. The van der Waals surface area contributed by atoms with Crippen LogP contribution in [0.3, 0.4) is 0 Å². The van der Waals surface area contributed by atoms with Gasteiger partial charge < -0.3 is 10.4 Å². The molecule has 0 aliphatic carbocycles. The van der Waals surface area contributed by atoms with Gasteiger partial charge >= 0.3 is 0 Å². The molecule has 2 N–H and O–H groups in total. The van der Waals surface area contributed by atoms with E-state index >= 15 is 0 Å². The predicted octanol–water partition coefficient (Wildman–Crippen LogP) is 0.558. The normalized spacial score (nSPS) is 20.9. The third-order valence-corrected chi connectivity index (χ3v) is 4.26. The first-order valence-corrected chi connectivity index (χ1v) is 7.25. The van der Waals surface area contributed by atoms with Gasteiger partial charge in [-0.2, -0.15) is 11.8 Å². The zero-order valence-electron chi connectivity index (χ0n) is 11.0. The van der Waals surface area contributed by atoms with E-state index in [2.05, 4.69) is 10.2 Å². The van der Waals surface area contributed by atoms with Crippen LogP contribution in [-0.4, -0.2) is 60.2 Å². The molecule has 1 aliphatic heterocycles. The molecule has 0 aromatic carbocycles. The highest BCUT2D eigenvalue weighted by molar-refractivity contribution is 7.99. The van der Waals surface area contributed by atoms with E-state index in [1.54, 1.807) is 0 Å². The van der Waals surface area contributed by atoms with Crippen molar-refractivity contribution in [2.75, 3.05) is 38.2 Å². The zero-order valence-corrected chi connectivity index (χ0v) is 11.8. The number of carbonyl (C=O) groups is 1. The first-order valence-electron chi connectivity index (χ1n) is 6.10. The Morgan fingerprint density at radius 2 is 2.29 bits per heavy atom. The summed E-state index contributed by atoms with van der Waals surface area (Å²) in [6.07, 6.45) is 1.18. The fraction of sp³-hybridized carbons (Fsp3) is 0.917. The van der Waals surface area contributed by atoms with Gasteiger partial charge in [0.1, 0.15) is 0 Å². The Labute approximate surface area is 108 Å². The zero-order chi connectivity index (χ0) is 12.9. The molecular formula is C12H24N2O2S. The van der Waals surface area contributed by atoms with Crippen LogP contribution < -0.4 is 5.32 Å². The second kappa shape index (κ2) is 6.61. The Bertz CT molecular complexity index is 253. The summed E-state index contributed by atoms with van der Waals surface area (Å²) in [6, 6.07) is 0.539. The number of likely N-dealkylation sites (N-methyl/N-ethyl adjacent to an activating group) is 1. The summed E-state index contributed by atoms with van der Waals surface area (Å²) < 4.78 is 0. The number of aliphatic hydroxyl groups is 1. The molecule has 1 atom stereocenters. The average Bonchev–Trinajstić information content (AvgIpc) is 2.80. The van der Waals surface area contributed by atoms with E-state index in [1.807, 2.05) is 32.7 Å². The number of amides is 1. The third kappa shape index (κ3) is 5.27. The van der Waals surface area contributed by atoms with E-state index in [0.717, 1.165) is 5.75 Å². The number of nitrogens with one attached hydrogen (secondary N) is 1. The number of nitrogens with zero attached hydrogens (tertiary/aromatic N) is 1. The first kappa shape index (κ1) is 14.8. The summed E-state index contributed by atoms with van der Waals surface area (Å²) in [4.78, 5) is 13.9. The van der Waals surface area contributed by atoms with Crippen molar-refractivity contribution in [3.8, 4) is 0 Å². The van der Waals surface area contributed by atoms with Gasteiger partial charge in [-0.3, -0.25) is 9.69 Å². The van der Waals surface area contributed by atoms with Gasteiger partial charge in [-0.15, -0.1) is 0 Å². The average molecular weight is 260 g/mol. The minimum atomic E-state index is -0.239. The topological polar surface area (TPSA) is 52.6 Å². The molecule has 100 valence electrons. The van der Waals surface area contributed by atoms with Crippen LogP contribution in [0, 0.1) is 5.41 Å². The highest BCUT2D eigenvalue weighted by atomic mass is 32.2. The van der Waals surface area contributed by atoms with Gasteiger partial charge in [-0.1, -0.05) is 13.8 Å². The van der Waals surface area contributed by atoms with Gasteiger partial charge in [0.25, 0.3) is 0 Å². The molecule has 4 nitrogen and oxygen atoms in total. The largest absolute Gasteiger partial charge is 0.396 e. The number of aliphatic hydroxyl groups excluding tert-OH is 1. The van der Waals surface area contributed by atoms with Crippen molar-refractivity contribution < 1.29 is 9.90 Å². The van der Waals surface area contributed by atoms with E-state index < -0.39 is 0 Å². The van der Waals surface area contributed by atoms with E-state index in [1.165, 1.54) is 12.2 Å². The molecule has 17 heavy (non-hydrogen) atoms. The maximum Gasteiger partial charge on any atom is 0.234 e. The molecule has 0 bridgehead atoms. The van der Waals surface area contributed by atoms with E-state index in [0.29, 0.717) is 19.1 Å². The van der Waals surface area contributed by atoms with Crippen molar-refractivity contribution in [3.05, 3.63) is 0 Å². The predicted molar refractivity (Wildman–Crippen MR) is 72.2 cm³/mol. The summed E-state index contributed by atoms with van der Waals surface area (Å²) in [6.45, 7) is 4.93. The Morgan fingerprint density at radius 1 is 1.59 bits per heavy atom. The third-order valence-electron chi connectivity index (χ3n) is 3.11.